The SMILES string of the molecule is CCC(C(=O)NCC1(c2ccccc2)CCOCC1)N(c1ccc(F)c(Cl)c1)S(C)(=O)=O. The third kappa shape index (κ3) is 5.42. The van der Waals surface area contributed by atoms with Gasteiger partial charge in [-0.1, -0.05) is 48.9 Å². The Hall–Kier alpha value is -2.16. The Bertz CT molecular complexity index is 1040. The fourth-order valence-corrected chi connectivity index (χ4v) is 5.56. The minimum atomic E-state index is -3.84. The van der Waals surface area contributed by atoms with Gasteiger partial charge in [-0.05, 0) is 43.0 Å². The Balaban J connectivity index is 1.86. The highest BCUT2D eigenvalue weighted by atomic mass is 35.5. The van der Waals surface area contributed by atoms with Gasteiger partial charge in [0.1, 0.15) is 11.9 Å². The van der Waals surface area contributed by atoms with E-state index in [0.29, 0.717) is 19.8 Å². The lowest BCUT2D eigenvalue weighted by atomic mass is 9.74. The Morgan fingerprint density at radius 2 is 1.88 bits per heavy atom. The average molecular weight is 483 g/mol. The van der Waals surface area contributed by atoms with Crippen molar-refractivity contribution in [1.29, 1.82) is 0 Å². The van der Waals surface area contributed by atoms with Crippen molar-refractivity contribution in [3.8, 4) is 0 Å². The molecule has 9 heteroatoms. The first-order valence-electron chi connectivity index (χ1n) is 10.5. The van der Waals surface area contributed by atoms with Crippen molar-refractivity contribution in [2.45, 2.75) is 37.6 Å². The van der Waals surface area contributed by atoms with E-state index in [4.69, 9.17) is 16.3 Å². The first kappa shape index (κ1) is 24.5. The number of carbonyl (C=O) groups excluding carboxylic acids is 1. The fourth-order valence-electron chi connectivity index (χ4n) is 4.18. The second kappa shape index (κ2) is 10.2. The minimum Gasteiger partial charge on any atom is -0.381 e. The molecule has 1 N–H and O–H groups in total. The monoisotopic (exact) mass is 482 g/mol. The molecule has 1 aliphatic heterocycles. The maximum absolute atomic E-state index is 13.6. The minimum absolute atomic E-state index is 0.143. The molecule has 2 aromatic carbocycles. The van der Waals surface area contributed by atoms with Gasteiger partial charge in [-0.2, -0.15) is 0 Å². The zero-order chi connectivity index (χ0) is 23.4. The Kier molecular flexibility index (Phi) is 7.79. The Morgan fingerprint density at radius 3 is 2.44 bits per heavy atom. The summed E-state index contributed by atoms with van der Waals surface area (Å²) < 4.78 is 45.4. The van der Waals surface area contributed by atoms with Crippen LogP contribution in [0.5, 0.6) is 0 Å². The van der Waals surface area contributed by atoms with Crippen molar-refractivity contribution >= 4 is 33.2 Å². The van der Waals surface area contributed by atoms with Crippen molar-refractivity contribution < 1.29 is 22.3 Å². The van der Waals surface area contributed by atoms with E-state index in [1.54, 1.807) is 6.92 Å². The maximum Gasteiger partial charge on any atom is 0.243 e. The van der Waals surface area contributed by atoms with Crippen LogP contribution >= 0.6 is 11.6 Å². The van der Waals surface area contributed by atoms with E-state index in [-0.39, 0.29) is 22.5 Å². The summed E-state index contributed by atoms with van der Waals surface area (Å²) in [5.74, 6) is -1.08. The van der Waals surface area contributed by atoms with Crippen LogP contribution in [0.25, 0.3) is 0 Å². The molecular weight excluding hydrogens is 455 g/mol. The van der Waals surface area contributed by atoms with Crippen LogP contribution in [-0.2, 0) is 25.0 Å². The number of anilines is 1. The summed E-state index contributed by atoms with van der Waals surface area (Å²) in [6, 6.07) is 12.6. The summed E-state index contributed by atoms with van der Waals surface area (Å²) in [5.41, 5.74) is 0.967. The van der Waals surface area contributed by atoms with Gasteiger partial charge in [0.15, 0.2) is 0 Å². The lowest BCUT2D eigenvalue weighted by Crippen LogP contribution is -2.52. The zero-order valence-corrected chi connectivity index (χ0v) is 19.8. The third-order valence-electron chi connectivity index (χ3n) is 5.92. The highest BCUT2D eigenvalue weighted by Crippen LogP contribution is 2.34. The van der Waals surface area contributed by atoms with Gasteiger partial charge in [-0.25, -0.2) is 12.8 Å². The van der Waals surface area contributed by atoms with Gasteiger partial charge in [0.05, 0.1) is 17.0 Å². The molecule has 0 aromatic heterocycles. The molecule has 6 nitrogen and oxygen atoms in total. The second-order valence-electron chi connectivity index (χ2n) is 8.06. The maximum atomic E-state index is 13.6. The molecule has 0 saturated carbocycles. The summed E-state index contributed by atoms with van der Waals surface area (Å²) in [5, 5.41) is 2.77. The molecule has 1 amide bonds. The number of nitrogens with one attached hydrogen (secondary N) is 1. The first-order valence-corrected chi connectivity index (χ1v) is 12.8. The van der Waals surface area contributed by atoms with Crippen LogP contribution in [0, 0.1) is 5.82 Å². The average Bonchev–Trinajstić information content (AvgIpc) is 2.78. The summed E-state index contributed by atoms with van der Waals surface area (Å²) in [7, 11) is -3.84. The number of rotatable bonds is 8. The van der Waals surface area contributed by atoms with Crippen LogP contribution in [0.2, 0.25) is 5.02 Å². The highest BCUT2D eigenvalue weighted by Gasteiger charge is 2.37. The van der Waals surface area contributed by atoms with Crippen LogP contribution in [0.1, 0.15) is 31.7 Å². The van der Waals surface area contributed by atoms with Gasteiger partial charge in [0, 0.05) is 25.2 Å². The molecule has 3 rings (SSSR count). The largest absolute Gasteiger partial charge is 0.381 e. The summed E-state index contributed by atoms with van der Waals surface area (Å²) in [6.45, 7) is 3.27. The number of hydrogen-bond acceptors (Lipinski definition) is 4. The van der Waals surface area contributed by atoms with Gasteiger partial charge in [0.2, 0.25) is 15.9 Å². The van der Waals surface area contributed by atoms with Crippen molar-refractivity contribution in [3.05, 3.63) is 64.9 Å². The second-order valence-corrected chi connectivity index (χ2v) is 10.3. The van der Waals surface area contributed by atoms with Gasteiger partial charge in [0.25, 0.3) is 0 Å². The van der Waals surface area contributed by atoms with Crippen molar-refractivity contribution in [2.75, 3.05) is 30.3 Å². The van der Waals surface area contributed by atoms with E-state index in [1.165, 1.54) is 12.1 Å². The van der Waals surface area contributed by atoms with Gasteiger partial charge < -0.3 is 10.1 Å². The van der Waals surface area contributed by atoms with Crippen LogP contribution in [0.15, 0.2) is 48.5 Å². The molecule has 1 aliphatic rings. The van der Waals surface area contributed by atoms with Crippen molar-refractivity contribution in [3.63, 3.8) is 0 Å². The van der Waals surface area contributed by atoms with Gasteiger partial charge >= 0.3 is 0 Å². The van der Waals surface area contributed by atoms with Gasteiger partial charge in [-0.3, -0.25) is 9.10 Å². The van der Waals surface area contributed by atoms with E-state index in [0.717, 1.165) is 35.0 Å². The standard InChI is InChI=1S/C23H28ClFN2O4S/c1-3-21(27(32(2,29)30)18-9-10-20(25)19(24)15-18)22(28)26-16-23(11-13-31-14-12-23)17-7-5-4-6-8-17/h4-10,15,21H,3,11-14,16H2,1-2H3,(H,26,28). The topological polar surface area (TPSA) is 75.7 Å². The number of benzene rings is 2. The molecule has 2 aromatic rings. The molecule has 0 bridgehead atoms. The molecule has 32 heavy (non-hydrogen) atoms. The van der Waals surface area contributed by atoms with Gasteiger partial charge in [-0.15, -0.1) is 0 Å². The number of carbonyl (C=O) groups is 1. The van der Waals surface area contributed by atoms with Crippen molar-refractivity contribution in [2.24, 2.45) is 0 Å². The molecule has 0 aliphatic carbocycles. The van der Waals surface area contributed by atoms with Crippen LogP contribution in [-0.4, -0.2) is 46.4 Å². The third-order valence-corrected chi connectivity index (χ3v) is 7.39. The molecule has 1 unspecified atom stereocenters. The van der Waals surface area contributed by atoms with Crippen LogP contribution in [0.3, 0.4) is 0 Å². The summed E-state index contributed by atoms with van der Waals surface area (Å²) >= 11 is 5.88. The van der Waals surface area contributed by atoms with E-state index in [9.17, 15) is 17.6 Å². The van der Waals surface area contributed by atoms with Crippen molar-refractivity contribution in [1.82, 2.24) is 5.32 Å². The summed E-state index contributed by atoms with van der Waals surface area (Å²) in [4.78, 5) is 13.2. The fraction of sp³-hybridized carbons (Fsp3) is 0.435. The van der Waals surface area contributed by atoms with E-state index in [1.807, 2.05) is 30.3 Å². The Morgan fingerprint density at radius 1 is 1.22 bits per heavy atom. The molecule has 0 radical (unpaired) electrons. The number of nitrogens with zero attached hydrogens (tertiary/aromatic N) is 1. The van der Waals surface area contributed by atoms with E-state index in [2.05, 4.69) is 5.32 Å². The van der Waals surface area contributed by atoms with Crippen LogP contribution in [0.4, 0.5) is 10.1 Å². The number of sulfonamides is 1. The quantitative estimate of drug-likeness (QED) is 0.619. The molecular formula is C23H28ClFN2O4S. The molecule has 1 saturated heterocycles. The summed E-state index contributed by atoms with van der Waals surface area (Å²) in [6.07, 6.45) is 2.74. The molecule has 174 valence electrons. The van der Waals surface area contributed by atoms with E-state index < -0.39 is 27.8 Å². The first-order chi connectivity index (χ1) is 15.2. The predicted octanol–water partition coefficient (Wildman–Crippen LogP) is 3.89. The number of amides is 1. The van der Waals surface area contributed by atoms with Crippen LogP contribution < -0.4 is 9.62 Å². The molecule has 1 fully saturated rings. The highest BCUT2D eigenvalue weighted by molar-refractivity contribution is 7.92. The normalized spacial score (nSPS) is 16.9. The Labute approximate surface area is 193 Å². The molecule has 1 atom stereocenters. The lowest BCUT2D eigenvalue weighted by Gasteiger charge is -2.39. The molecule has 0 spiro atoms. The molecule has 1 heterocycles. The number of halogens is 2. The number of ether oxygens (including phenoxy) is 1. The predicted molar refractivity (Wildman–Crippen MR) is 124 cm³/mol. The smallest absolute Gasteiger partial charge is 0.243 e. The lowest BCUT2D eigenvalue weighted by molar-refractivity contribution is -0.122. The zero-order valence-electron chi connectivity index (χ0n) is 18.2. The van der Waals surface area contributed by atoms with E-state index >= 15 is 0 Å². The number of hydrogen-bond donors (Lipinski definition) is 1.